The minimum atomic E-state index is -0.715. The molecule has 2 aromatic rings. The molecule has 0 bridgehead atoms. The van der Waals surface area contributed by atoms with Gasteiger partial charge in [-0.2, -0.15) is 0 Å². The van der Waals surface area contributed by atoms with Crippen LogP contribution in [0.2, 0.25) is 0 Å². The van der Waals surface area contributed by atoms with Crippen LogP contribution in [0.25, 0.3) is 10.9 Å². The quantitative estimate of drug-likeness (QED) is 0.722. The molecule has 0 fully saturated rings. The fraction of sp³-hybridized carbons (Fsp3) is 0.500. The number of aliphatic hydroxyl groups is 2. The van der Waals surface area contributed by atoms with Crippen molar-refractivity contribution in [2.75, 3.05) is 13.2 Å². The third kappa shape index (κ3) is 3.82. The van der Waals surface area contributed by atoms with Crippen LogP contribution >= 0.6 is 0 Å². The Bertz CT molecular complexity index is 548. The molecular weight excluding hydrogens is 252 g/mol. The first-order valence-corrected chi connectivity index (χ1v) is 7.17. The van der Waals surface area contributed by atoms with Crippen molar-refractivity contribution in [1.82, 2.24) is 9.88 Å². The molecule has 1 aromatic carbocycles. The molecule has 1 atom stereocenters. The van der Waals surface area contributed by atoms with E-state index in [0.717, 1.165) is 24.0 Å². The van der Waals surface area contributed by atoms with Crippen LogP contribution in [0.3, 0.4) is 0 Å². The van der Waals surface area contributed by atoms with Gasteiger partial charge in [-0.15, -0.1) is 0 Å². The summed E-state index contributed by atoms with van der Waals surface area (Å²) in [6.07, 6.45) is 1.24. The number of aliphatic hydroxyl groups excluding tert-OH is 2. The maximum absolute atomic E-state index is 9.58. The Hall–Kier alpha value is -1.36. The van der Waals surface area contributed by atoms with Gasteiger partial charge in [-0.1, -0.05) is 26.0 Å². The van der Waals surface area contributed by atoms with E-state index in [1.54, 1.807) is 0 Å². The van der Waals surface area contributed by atoms with Gasteiger partial charge in [-0.3, -0.25) is 0 Å². The van der Waals surface area contributed by atoms with Crippen LogP contribution in [0.5, 0.6) is 0 Å². The molecule has 1 heterocycles. The van der Waals surface area contributed by atoms with Crippen molar-refractivity contribution in [3.8, 4) is 0 Å². The summed E-state index contributed by atoms with van der Waals surface area (Å²) in [4.78, 5) is 0. The van der Waals surface area contributed by atoms with Crippen molar-refractivity contribution >= 4 is 10.9 Å². The molecule has 0 saturated carbocycles. The number of fused-ring (bicyclic) bond motifs is 1. The van der Waals surface area contributed by atoms with Crippen LogP contribution in [0.1, 0.15) is 19.4 Å². The van der Waals surface area contributed by atoms with E-state index in [1.807, 2.05) is 16.8 Å². The van der Waals surface area contributed by atoms with Gasteiger partial charge in [0.1, 0.15) is 0 Å². The van der Waals surface area contributed by atoms with E-state index in [1.165, 1.54) is 5.56 Å². The summed E-state index contributed by atoms with van der Waals surface area (Å²) in [5, 5.41) is 23.1. The molecule has 0 spiro atoms. The molecule has 20 heavy (non-hydrogen) atoms. The summed E-state index contributed by atoms with van der Waals surface area (Å²) < 4.78 is 1.99. The first-order chi connectivity index (χ1) is 9.60. The maximum atomic E-state index is 9.58. The molecule has 0 aliphatic rings. The zero-order valence-electron chi connectivity index (χ0n) is 12.2. The van der Waals surface area contributed by atoms with Gasteiger partial charge >= 0.3 is 0 Å². The van der Waals surface area contributed by atoms with Crippen molar-refractivity contribution in [3.63, 3.8) is 0 Å². The Kier molecular flexibility index (Phi) is 5.17. The van der Waals surface area contributed by atoms with Gasteiger partial charge in [0.15, 0.2) is 0 Å². The molecule has 0 amide bonds. The molecule has 4 heteroatoms. The molecule has 1 aromatic heterocycles. The first kappa shape index (κ1) is 15.0. The molecule has 0 aliphatic carbocycles. The molecule has 4 nitrogen and oxygen atoms in total. The molecule has 3 N–H and O–H groups in total. The third-order valence-corrected chi connectivity index (χ3v) is 3.34. The van der Waals surface area contributed by atoms with Crippen LogP contribution in [0, 0.1) is 5.92 Å². The fourth-order valence-corrected chi connectivity index (χ4v) is 2.29. The number of benzene rings is 1. The number of hydrogen-bond acceptors (Lipinski definition) is 3. The van der Waals surface area contributed by atoms with Gasteiger partial charge < -0.3 is 20.1 Å². The fourth-order valence-electron chi connectivity index (χ4n) is 2.29. The SMILES string of the molecule is CC(C)CNCc1ccc2ccn(CC(O)CO)c2c1. The van der Waals surface area contributed by atoms with E-state index < -0.39 is 6.10 Å². The lowest BCUT2D eigenvalue weighted by Gasteiger charge is -2.11. The van der Waals surface area contributed by atoms with Gasteiger partial charge in [0, 0.05) is 18.3 Å². The van der Waals surface area contributed by atoms with Gasteiger partial charge in [0.25, 0.3) is 0 Å². The van der Waals surface area contributed by atoms with Crippen molar-refractivity contribution in [3.05, 3.63) is 36.0 Å². The van der Waals surface area contributed by atoms with E-state index in [2.05, 4.69) is 37.4 Å². The van der Waals surface area contributed by atoms with Crippen molar-refractivity contribution < 1.29 is 10.2 Å². The van der Waals surface area contributed by atoms with Gasteiger partial charge in [-0.05, 0) is 35.5 Å². The summed E-state index contributed by atoms with van der Waals surface area (Å²) in [6.45, 7) is 6.44. The lowest BCUT2D eigenvalue weighted by atomic mass is 10.1. The Morgan fingerprint density at radius 2 is 2.05 bits per heavy atom. The van der Waals surface area contributed by atoms with E-state index in [0.29, 0.717) is 12.5 Å². The summed E-state index contributed by atoms with van der Waals surface area (Å²) in [5.41, 5.74) is 2.33. The number of aromatic nitrogens is 1. The molecule has 110 valence electrons. The maximum Gasteiger partial charge on any atom is 0.0949 e. The first-order valence-electron chi connectivity index (χ1n) is 7.17. The summed E-state index contributed by atoms with van der Waals surface area (Å²) >= 11 is 0. The van der Waals surface area contributed by atoms with Crippen LogP contribution in [0.15, 0.2) is 30.5 Å². The predicted octanol–water partition coefficient (Wildman–Crippen LogP) is 1.74. The number of nitrogens with one attached hydrogen (secondary N) is 1. The summed E-state index contributed by atoms with van der Waals surface area (Å²) in [6, 6.07) is 8.41. The lowest BCUT2D eigenvalue weighted by molar-refractivity contribution is 0.0822. The zero-order valence-corrected chi connectivity index (χ0v) is 12.2. The Labute approximate surface area is 120 Å². The smallest absolute Gasteiger partial charge is 0.0949 e. The molecule has 2 rings (SSSR count). The van der Waals surface area contributed by atoms with Crippen molar-refractivity contribution in [2.24, 2.45) is 5.92 Å². The van der Waals surface area contributed by atoms with Crippen LogP contribution in [-0.2, 0) is 13.1 Å². The minimum absolute atomic E-state index is 0.213. The molecule has 0 saturated heterocycles. The highest BCUT2D eigenvalue weighted by Gasteiger charge is 2.07. The molecule has 0 radical (unpaired) electrons. The highest BCUT2D eigenvalue weighted by atomic mass is 16.3. The minimum Gasteiger partial charge on any atom is -0.394 e. The highest BCUT2D eigenvalue weighted by Crippen LogP contribution is 2.18. The summed E-state index contributed by atoms with van der Waals surface area (Å²) in [5.74, 6) is 0.641. The van der Waals surface area contributed by atoms with Crippen LogP contribution < -0.4 is 5.32 Å². The zero-order chi connectivity index (χ0) is 14.5. The van der Waals surface area contributed by atoms with Gasteiger partial charge in [0.2, 0.25) is 0 Å². The van der Waals surface area contributed by atoms with E-state index in [9.17, 15) is 5.11 Å². The average Bonchev–Trinajstić information content (AvgIpc) is 2.81. The molecular formula is C16H24N2O2. The van der Waals surface area contributed by atoms with Gasteiger partial charge in [-0.25, -0.2) is 0 Å². The topological polar surface area (TPSA) is 57.4 Å². The molecule has 1 unspecified atom stereocenters. The monoisotopic (exact) mass is 276 g/mol. The predicted molar refractivity (Wildman–Crippen MR) is 81.6 cm³/mol. The van der Waals surface area contributed by atoms with E-state index in [4.69, 9.17) is 5.11 Å². The number of rotatable bonds is 7. The number of nitrogens with zero attached hydrogens (tertiary/aromatic N) is 1. The van der Waals surface area contributed by atoms with E-state index in [-0.39, 0.29) is 6.61 Å². The van der Waals surface area contributed by atoms with Crippen molar-refractivity contribution in [2.45, 2.75) is 33.0 Å². The standard InChI is InChI=1S/C16H24N2O2/c1-12(2)8-17-9-13-3-4-14-5-6-18(16(14)7-13)10-15(20)11-19/h3-7,12,15,17,19-20H,8-11H2,1-2H3. The Balaban J connectivity index is 2.12. The second-order valence-corrected chi connectivity index (χ2v) is 5.72. The average molecular weight is 276 g/mol. The second-order valence-electron chi connectivity index (χ2n) is 5.72. The summed E-state index contributed by atoms with van der Waals surface area (Å²) in [7, 11) is 0. The largest absolute Gasteiger partial charge is 0.394 e. The second kappa shape index (κ2) is 6.88. The van der Waals surface area contributed by atoms with Crippen LogP contribution in [0.4, 0.5) is 0 Å². The third-order valence-electron chi connectivity index (χ3n) is 3.34. The lowest BCUT2D eigenvalue weighted by Crippen LogP contribution is -2.20. The van der Waals surface area contributed by atoms with Crippen molar-refractivity contribution in [1.29, 1.82) is 0 Å². The van der Waals surface area contributed by atoms with E-state index >= 15 is 0 Å². The normalized spacial score (nSPS) is 13.2. The highest BCUT2D eigenvalue weighted by molar-refractivity contribution is 5.80. The molecule has 0 aliphatic heterocycles. The Morgan fingerprint density at radius 3 is 2.75 bits per heavy atom. The number of hydrogen-bond donors (Lipinski definition) is 3. The van der Waals surface area contributed by atoms with Crippen LogP contribution in [-0.4, -0.2) is 34.0 Å². The van der Waals surface area contributed by atoms with Gasteiger partial charge in [0.05, 0.1) is 19.3 Å². The Morgan fingerprint density at radius 1 is 1.25 bits per heavy atom.